The Kier molecular flexibility index (Phi) is 4.54. The minimum Gasteiger partial charge on any atom is -0.338 e. The third-order valence-electron chi connectivity index (χ3n) is 3.79. The molecule has 0 aliphatic carbocycles. The van der Waals surface area contributed by atoms with Crippen LogP contribution in [0, 0.1) is 11.7 Å². The van der Waals surface area contributed by atoms with Crippen LogP contribution in [0.1, 0.15) is 42.1 Å². The Balaban J connectivity index is 2.17. The Bertz CT molecular complexity index is 527. The second-order valence-corrected chi connectivity index (χ2v) is 5.39. The van der Waals surface area contributed by atoms with E-state index in [0.29, 0.717) is 31.1 Å². The van der Waals surface area contributed by atoms with Gasteiger partial charge in [-0.05, 0) is 37.0 Å². The van der Waals surface area contributed by atoms with Crippen molar-refractivity contribution in [2.45, 2.75) is 32.4 Å². The van der Waals surface area contributed by atoms with Gasteiger partial charge in [-0.15, -0.1) is 0 Å². The van der Waals surface area contributed by atoms with E-state index in [4.69, 9.17) is 0 Å². The van der Waals surface area contributed by atoms with Gasteiger partial charge in [0.1, 0.15) is 5.82 Å². The van der Waals surface area contributed by atoms with Crippen LogP contribution in [-0.2, 0) is 6.18 Å². The molecule has 1 amide bonds. The van der Waals surface area contributed by atoms with Crippen LogP contribution in [0.15, 0.2) is 18.2 Å². The first kappa shape index (κ1) is 15.8. The van der Waals surface area contributed by atoms with Gasteiger partial charge in [0.2, 0.25) is 0 Å². The van der Waals surface area contributed by atoms with E-state index < -0.39 is 23.5 Å². The number of likely N-dealkylation sites (tertiary alicyclic amines) is 1. The number of alkyl halides is 3. The fourth-order valence-electron chi connectivity index (χ4n) is 2.72. The molecule has 1 aliphatic heterocycles. The number of hydrogen-bond acceptors (Lipinski definition) is 1. The lowest BCUT2D eigenvalue weighted by molar-refractivity contribution is -0.140. The summed E-state index contributed by atoms with van der Waals surface area (Å²) in [5, 5.41) is 0. The highest BCUT2D eigenvalue weighted by molar-refractivity contribution is 5.94. The highest BCUT2D eigenvalue weighted by atomic mass is 19.4. The molecule has 1 fully saturated rings. The van der Waals surface area contributed by atoms with Crippen LogP contribution in [0.3, 0.4) is 0 Å². The fourth-order valence-corrected chi connectivity index (χ4v) is 2.72. The molecule has 1 heterocycles. The van der Waals surface area contributed by atoms with Crippen molar-refractivity contribution in [1.29, 1.82) is 0 Å². The van der Waals surface area contributed by atoms with Crippen LogP contribution in [0.25, 0.3) is 0 Å². The summed E-state index contributed by atoms with van der Waals surface area (Å²) in [5.74, 6) is -1.41. The van der Waals surface area contributed by atoms with Gasteiger partial charge in [-0.2, -0.15) is 13.2 Å². The summed E-state index contributed by atoms with van der Waals surface area (Å²) in [6, 6.07) is 2.42. The predicted molar refractivity (Wildman–Crippen MR) is 70.3 cm³/mol. The molecule has 1 saturated heterocycles. The van der Waals surface area contributed by atoms with Crippen LogP contribution in [0.5, 0.6) is 0 Å². The van der Waals surface area contributed by atoms with Gasteiger partial charge in [-0.3, -0.25) is 4.79 Å². The van der Waals surface area contributed by atoms with Gasteiger partial charge in [0.05, 0.1) is 5.56 Å². The molecule has 0 spiro atoms. The van der Waals surface area contributed by atoms with Crippen LogP contribution in [0.2, 0.25) is 0 Å². The highest BCUT2D eigenvalue weighted by Crippen LogP contribution is 2.32. The van der Waals surface area contributed by atoms with Crippen molar-refractivity contribution in [2.75, 3.05) is 13.1 Å². The minimum atomic E-state index is -4.80. The predicted octanol–water partition coefficient (Wildman–Crippen LogP) is 4.11. The second-order valence-electron chi connectivity index (χ2n) is 5.39. The van der Waals surface area contributed by atoms with Crippen molar-refractivity contribution in [3.05, 3.63) is 35.1 Å². The second kappa shape index (κ2) is 6.03. The molecule has 1 unspecified atom stereocenters. The third-order valence-corrected chi connectivity index (χ3v) is 3.79. The van der Waals surface area contributed by atoms with Crippen molar-refractivity contribution in [1.82, 2.24) is 4.90 Å². The maximum absolute atomic E-state index is 13.2. The average Bonchev–Trinajstić information content (AvgIpc) is 2.86. The van der Waals surface area contributed by atoms with E-state index in [0.717, 1.165) is 25.3 Å². The summed E-state index contributed by atoms with van der Waals surface area (Å²) < 4.78 is 51.2. The molecule has 1 aromatic carbocycles. The van der Waals surface area contributed by atoms with Crippen molar-refractivity contribution < 1.29 is 22.4 Å². The smallest absolute Gasteiger partial charge is 0.338 e. The maximum Gasteiger partial charge on any atom is 0.419 e. The summed E-state index contributed by atoms with van der Waals surface area (Å²) in [7, 11) is 0. The summed E-state index contributed by atoms with van der Waals surface area (Å²) in [5.41, 5.74) is -1.50. The van der Waals surface area contributed by atoms with E-state index in [-0.39, 0.29) is 5.56 Å². The minimum absolute atomic E-state index is 0.110. The lowest BCUT2D eigenvalue weighted by atomic mass is 10.0. The standard InChI is InChI=1S/C15H17F4NO/c1-2-3-10-6-7-20(9-10)14(21)11-4-5-13(16)12(8-11)15(17,18)19/h4-5,8,10H,2-3,6-7,9H2,1H3. The first-order valence-corrected chi connectivity index (χ1v) is 6.99. The molecule has 0 bridgehead atoms. The first-order chi connectivity index (χ1) is 9.82. The van der Waals surface area contributed by atoms with Gasteiger partial charge < -0.3 is 4.90 Å². The molecule has 0 aromatic heterocycles. The Labute approximate surface area is 120 Å². The third kappa shape index (κ3) is 3.54. The van der Waals surface area contributed by atoms with E-state index in [1.807, 2.05) is 0 Å². The van der Waals surface area contributed by atoms with E-state index in [1.165, 1.54) is 0 Å². The van der Waals surface area contributed by atoms with Crippen molar-refractivity contribution in [3.63, 3.8) is 0 Å². The van der Waals surface area contributed by atoms with E-state index in [2.05, 4.69) is 6.92 Å². The molecule has 0 saturated carbocycles. The van der Waals surface area contributed by atoms with Gasteiger partial charge in [0, 0.05) is 18.7 Å². The number of halogens is 4. The summed E-state index contributed by atoms with van der Waals surface area (Å²) in [4.78, 5) is 13.8. The largest absolute Gasteiger partial charge is 0.419 e. The highest BCUT2D eigenvalue weighted by Gasteiger charge is 2.35. The monoisotopic (exact) mass is 303 g/mol. The molecular weight excluding hydrogens is 286 g/mol. The SMILES string of the molecule is CCCC1CCN(C(=O)c2ccc(F)c(C(F)(F)F)c2)C1. The Hall–Kier alpha value is -1.59. The Morgan fingerprint density at radius 3 is 2.71 bits per heavy atom. The number of rotatable bonds is 3. The normalized spacial score (nSPS) is 19.1. The zero-order valence-electron chi connectivity index (χ0n) is 11.7. The van der Waals surface area contributed by atoms with Gasteiger partial charge in [-0.1, -0.05) is 13.3 Å². The van der Waals surface area contributed by atoms with Crippen LogP contribution in [0.4, 0.5) is 17.6 Å². The number of amides is 1. The van der Waals surface area contributed by atoms with Crippen molar-refractivity contribution in [2.24, 2.45) is 5.92 Å². The lowest BCUT2D eigenvalue weighted by Gasteiger charge is -2.17. The van der Waals surface area contributed by atoms with E-state index >= 15 is 0 Å². The van der Waals surface area contributed by atoms with Gasteiger partial charge in [0.15, 0.2) is 0 Å². The van der Waals surface area contributed by atoms with Gasteiger partial charge in [0.25, 0.3) is 5.91 Å². The number of carbonyl (C=O) groups is 1. The fraction of sp³-hybridized carbons (Fsp3) is 0.533. The quantitative estimate of drug-likeness (QED) is 0.770. The topological polar surface area (TPSA) is 20.3 Å². The Morgan fingerprint density at radius 1 is 1.38 bits per heavy atom. The van der Waals surface area contributed by atoms with Crippen LogP contribution < -0.4 is 0 Å². The molecule has 2 nitrogen and oxygen atoms in total. The van der Waals surface area contributed by atoms with Crippen molar-refractivity contribution >= 4 is 5.91 Å². The summed E-state index contributed by atoms with van der Waals surface area (Å²) in [6.45, 7) is 3.16. The zero-order valence-corrected chi connectivity index (χ0v) is 11.7. The maximum atomic E-state index is 13.2. The molecule has 116 valence electrons. The van der Waals surface area contributed by atoms with E-state index in [1.54, 1.807) is 4.90 Å². The number of hydrogen-bond donors (Lipinski definition) is 0. The first-order valence-electron chi connectivity index (χ1n) is 6.99. The zero-order chi connectivity index (χ0) is 15.6. The lowest BCUT2D eigenvalue weighted by Crippen LogP contribution is -2.29. The molecule has 21 heavy (non-hydrogen) atoms. The molecule has 0 N–H and O–H groups in total. The molecular formula is C15H17F4NO. The van der Waals surface area contributed by atoms with Gasteiger partial charge >= 0.3 is 6.18 Å². The average molecular weight is 303 g/mol. The Morgan fingerprint density at radius 2 is 2.10 bits per heavy atom. The van der Waals surface area contributed by atoms with Gasteiger partial charge in [-0.25, -0.2) is 4.39 Å². The number of benzene rings is 1. The molecule has 1 aromatic rings. The van der Waals surface area contributed by atoms with Crippen molar-refractivity contribution in [3.8, 4) is 0 Å². The molecule has 2 rings (SSSR count). The number of carbonyl (C=O) groups excluding carboxylic acids is 1. The number of nitrogens with zero attached hydrogens (tertiary/aromatic N) is 1. The van der Waals surface area contributed by atoms with Crippen LogP contribution in [-0.4, -0.2) is 23.9 Å². The summed E-state index contributed by atoms with van der Waals surface area (Å²) in [6.07, 6.45) is -1.91. The van der Waals surface area contributed by atoms with Crippen LogP contribution >= 0.6 is 0 Å². The molecule has 6 heteroatoms. The molecule has 1 aliphatic rings. The van der Waals surface area contributed by atoms with E-state index in [9.17, 15) is 22.4 Å². The molecule has 0 radical (unpaired) electrons. The molecule has 1 atom stereocenters. The summed E-state index contributed by atoms with van der Waals surface area (Å²) >= 11 is 0.